The van der Waals surface area contributed by atoms with Gasteiger partial charge in [0, 0.05) is 20.1 Å². The van der Waals surface area contributed by atoms with Crippen molar-refractivity contribution in [3.63, 3.8) is 0 Å². The number of ether oxygens (including phenoxy) is 7. The van der Waals surface area contributed by atoms with Gasteiger partial charge in [-0.25, -0.2) is 4.79 Å². The van der Waals surface area contributed by atoms with E-state index in [0.717, 1.165) is 12.8 Å². The minimum Gasteiger partial charge on any atom is -0.429 e. The van der Waals surface area contributed by atoms with Crippen LogP contribution >= 0.6 is 0 Å². The Balaban J connectivity index is 0.000000190. The molecule has 122 heavy (non-hydrogen) atoms. The van der Waals surface area contributed by atoms with E-state index in [-0.39, 0.29) is 121 Å². The Morgan fingerprint density at radius 2 is 0.557 bits per heavy atom. The summed E-state index contributed by atoms with van der Waals surface area (Å²) in [5.74, 6) is 1.32. The van der Waals surface area contributed by atoms with Crippen LogP contribution in [0.4, 0.5) is 137 Å². The van der Waals surface area contributed by atoms with Crippen molar-refractivity contribution in [1.82, 2.24) is 0 Å². The molecule has 0 aromatic rings. The molecule has 40 heteroatoms. The molecule has 716 valence electrons. The van der Waals surface area contributed by atoms with Gasteiger partial charge in [0.2, 0.25) is 0 Å². The average molecular weight is 1830 g/mol. The predicted molar refractivity (Wildman–Crippen MR) is 379 cm³/mol. The fraction of sp³-hybridized carbons (Fsp3) is 0.988. The van der Waals surface area contributed by atoms with Gasteiger partial charge in [0.05, 0.1) is 13.2 Å². The van der Waals surface area contributed by atoms with Gasteiger partial charge in [0.1, 0.15) is 19.2 Å². The van der Waals surface area contributed by atoms with Gasteiger partial charge in [0.15, 0.2) is 0 Å². The Bertz CT molecular complexity index is 3320. The van der Waals surface area contributed by atoms with Crippen molar-refractivity contribution in [2.75, 3.05) is 40.5 Å². The number of methoxy groups -OCH3 is 1. The number of aliphatic hydroxyl groups is 2. The molecule has 0 aromatic heterocycles. The Morgan fingerprint density at radius 1 is 0.295 bits per heavy atom. The highest BCUT2D eigenvalue weighted by Crippen LogP contribution is 2.73. The van der Waals surface area contributed by atoms with E-state index in [0.29, 0.717) is 98.7 Å². The van der Waals surface area contributed by atoms with Crippen LogP contribution in [0.15, 0.2) is 0 Å². The van der Waals surface area contributed by atoms with Crippen molar-refractivity contribution in [3.05, 3.63) is 0 Å². The summed E-state index contributed by atoms with van der Waals surface area (Å²) in [6, 6.07) is 0. The van der Waals surface area contributed by atoms with Crippen LogP contribution in [0.2, 0.25) is 0 Å². The van der Waals surface area contributed by atoms with Crippen LogP contribution in [0.3, 0.4) is 0 Å². The number of hydrogen-bond donors (Lipinski definition) is 2. The third kappa shape index (κ3) is 20.0. The number of carbonyl (C=O) groups excluding carboxylic acids is 1. The lowest BCUT2D eigenvalue weighted by molar-refractivity contribution is -0.398. The molecule has 12 bridgehead atoms. The second-order valence-electron chi connectivity index (χ2n) is 39.3. The Labute approximate surface area is 691 Å². The van der Waals surface area contributed by atoms with Crippen LogP contribution in [0.1, 0.15) is 200 Å². The summed E-state index contributed by atoms with van der Waals surface area (Å²) in [7, 11) is 1.34. The lowest BCUT2D eigenvalue weighted by Crippen LogP contribution is -2.61. The summed E-state index contributed by atoms with van der Waals surface area (Å²) in [6.45, 7) is 23.2. The summed E-state index contributed by atoms with van der Waals surface area (Å²) in [5, 5.41) is 18.9. The summed E-state index contributed by atoms with van der Waals surface area (Å²) in [4.78, 5) is 11.8. The minimum atomic E-state index is -5.81. The summed E-state index contributed by atoms with van der Waals surface area (Å²) >= 11 is 0. The fourth-order valence-electron chi connectivity index (χ4n) is 25.3. The molecular weight excluding hydrogens is 1710 g/mol. The lowest BCUT2D eigenvalue weighted by atomic mass is 9.61. The smallest absolute Gasteiger partial charge is 0.429 e. The number of rotatable bonds is 21. The van der Waals surface area contributed by atoms with Crippen molar-refractivity contribution in [1.29, 1.82) is 0 Å². The molecule has 12 fully saturated rings. The van der Waals surface area contributed by atoms with Crippen LogP contribution in [0, 0.1) is 172 Å². The van der Waals surface area contributed by atoms with Crippen molar-refractivity contribution < 1.29 is 180 Å². The van der Waals surface area contributed by atoms with Crippen LogP contribution < -0.4 is 0 Å². The van der Waals surface area contributed by atoms with Crippen molar-refractivity contribution in [3.8, 4) is 0 Å². The maximum atomic E-state index is 13.7. The monoisotopic (exact) mass is 1830 g/mol. The van der Waals surface area contributed by atoms with E-state index in [1.165, 1.54) is 34.8 Å². The molecular formula is C82H118F30O10. The quantitative estimate of drug-likeness (QED) is 0.0378. The molecule has 2 N–H and O–H groups in total. The van der Waals surface area contributed by atoms with Crippen LogP contribution in [0.5, 0.6) is 0 Å². The first-order chi connectivity index (χ1) is 55.1. The first-order valence-corrected chi connectivity index (χ1v) is 42.1. The van der Waals surface area contributed by atoms with Gasteiger partial charge in [-0.3, -0.25) is 0 Å². The van der Waals surface area contributed by atoms with Crippen molar-refractivity contribution in [2.45, 2.75) is 295 Å². The average Bonchev–Trinajstić information content (AvgIpc) is 1.53. The number of halogens is 30. The van der Waals surface area contributed by atoms with E-state index in [1.54, 1.807) is 0 Å². The molecule has 12 rings (SSSR count). The predicted octanol–water partition coefficient (Wildman–Crippen LogP) is 25.3. The highest BCUT2D eigenvalue weighted by molar-refractivity contribution is 5.61. The van der Waals surface area contributed by atoms with Gasteiger partial charge in [-0.1, -0.05) is 69.2 Å². The molecule has 29 unspecified atom stereocenters. The molecule has 0 radical (unpaired) electrons. The van der Waals surface area contributed by atoms with Crippen LogP contribution in [-0.4, -0.2) is 152 Å². The third-order valence-electron chi connectivity index (χ3n) is 32.6. The number of fused-ring (bicyclic) bond motifs is 17. The highest BCUT2D eigenvalue weighted by Gasteiger charge is 2.80. The normalized spacial score (nSPS) is 37.1. The number of carbonyl (C=O) groups is 1. The van der Waals surface area contributed by atoms with E-state index < -0.39 is 177 Å². The largest absolute Gasteiger partial charge is 0.510 e. The molecule has 0 spiro atoms. The minimum absolute atomic E-state index is 0.0194. The van der Waals surface area contributed by atoms with Crippen molar-refractivity contribution in [2.24, 2.45) is 172 Å². The Kier molecular flexibility index (Phi) is 31.0. The maximum absolute atomic E-state index is 13.7. The zero-order chi connectivity index (χ0) is 93.1. The Morgan fingerprint density at radius 3 is 0.828 bits per heavy atom. The topological polar surface area (TPSA) is 122 Å². The number of hydrogen-bond acceptors (Lipinski definition) is 10. The summed E-state index contributed by atoms with van der Waals surface area (Å²) < 4.78 is 430. The van der Waals surface area contributed by atoms with E-state index in [9.17, 15) is 147 Å². The highest BCUT2D eigenvalue weighted by atomic mass is 19.5. The van der Waals surface area contributed by atoms with E-state index in [4.69, 9.17) is 4.74 Å². The molecule has 0 saturated heterocycles. The maximum Gasteiger partial charge on any atom is 0.510 e. The third-order valence-corrected chi connectivity index (χ3v) is 32.6. The van der Waals surface area contributed by atoms with Crippen LogP contribution in [-0.2, 0) is 33.2 Å². The van der Waals surface area contributed by atoms with Crippen molar-refractivity contribution >= 4 is 6.16 Å². The standard InChI is InChI=1S/C18H26F6O3.C18H24F6O.C17H26F6O3.C16H24F6O2.C13H18F6O/c1-9-10(2)13-7-11(9)6-12(13)8-16(17(19,20)21,18(22,23)24)27-14(25)26-15(3,4)5;1-7-8(2)12-5-11(7)14-9-3-10(13(4-9)15(12)14)6-16(25,17(19,20)21)18(22,23)24;1-10-11(2)14-7-12(10)6-13(14)8-15(16(18,19)20,17(21,22)23)26-9-25-5-4-24-3;1-4-23-8-24-14(15(17,18)19,16(20,21)22)7-12-5-11-6-13(12)10(3)9(11)2;1-6-7(2)10-4-8(6)3-9(10)5-11(20,12(14,15)16)13(17,18)19/h9-13H,6-8H2,1-5H3;7-15,25H,3-6H2,1-2H3;10-14H,4-9H2,1-3H3;9-13H,4-8H2,1-3H3;6-10,20H,3-5H2,1-2H3. The molecule has 0 amide bonds. The molecule has 12 aliphatic carbocycles. The van der Waals surface area contributed by atoms with Gasteiger partial charge in [-0.05, 0) is 296 Å². The second-order valence-corrected chi connectivity index (χ2v) is 39.3. The fourth-order valence-corrected chi connectivity index (χ4v) is 25.3. The first-order valence-electron chi connectivity index (χ1n) is 42.1. The molecule has 0 aromatic carbocycles. The van der Waals surface area contributed by atoms with E-state index in [1.807, 2.05) is 55.4 Å². The number of alkyl halides is 30. The van der Waals surface area contributed by atoms with Crippen LogP contribution in [0.25, 0.3) is 0 Å². The molecule has 12 saturated carbocycles. The van der Waals surface area contributed by atoms with Gasteiger partial charge >= 0.3 is 73.5 Å². The second kappa shape index (κ2) is 36.2. The molecule has 0 heterocycles. The van der Waals surface area contributed by atoms with E-state index >= 15 is 0 Å². The van der Waals surface area contributed by atoms with Gasteiger partial charge in [-0.15, -0.1) is 0 Å². The lowest BCUT2D eigenvalue weighted by Gasteiger charge is -2.45. The first kappa shape index (κ1) is 104. The molecule has 10 nitrogen and oxygen atoms in total. The zero-order valence-electron chi connectivity index (χ0n) is 70.6. The molecule has 12 aliphatic rings. The van der Waals surface area contributed by atoms with Gasteiger partial charge in [0.25, 0.3) is 22.4 Å². The summed E-state index contributed by atoms with van der Waals surface area (Å²) in [6.07, 6.45) is -58.2. The SMILES string of the molecule is CC1C(C)C2CC1C1C3CC(CC(O)(C(F)(F)F)C(F)(F)F)C(C3)C21.CC1C2CC(CC(O)(C(F)(F)F)C(F)(F)F)C(C2)C1C.CC1C2CC(CC(OC(=O)OC(C)(C)C)(C(F)(F)F)C(F)(F)F)C(C2)C1C.CCOCOC(CC1CC2CC1C(C)C2C)(C(F)(F)F)C(F)(F)F.COCCOCOC(CC1CC2CC1C(C)C2C)(C(F)(F)F)C(F)(F)F. The molecule has 0 aliphatic heterocycles. The Hall–Kier alpha value is -3.11. The zero-order valence-corrected chi connectivity index (χ0v) is 70.6. The molecule has 29 atom stereocenters. The van der Waals surface area contributed by atoms with Gasteiger partial charge in [-0.2, -0.15) is 132 Å². The van der Waals surface area contributed by atoms with E-state index in [2.05, 4.69) is 42.3 Å². The summed E-state index contributed by atoms with van der Waals surface area (Å²) in [5.41, 5.74) is -23.4. The van der Waals surface area contributed by atoms with Gasteiger partial charge < -0.3 is 43.4 Å².